The van der Waals surface area contributed by atoms with Gasteiger partial charge in [-0.1, -0.05) is 30.3 Å². The lowest BCUT2D eigenvalue weighted by Gasteiger charge is -2.41. The minimum Gasteiger partial charge on any atom is -0.360 e. The molecule has 0 unspecified atom stereocenters. The van der Waals surface area contributed by atoms with Crippen LogP contribution < -0.4 is 0 Å². The second-order valence-electron chi connectivity index (χ2n) is 11.2. The fraction of sp³-hybridized carbons (Fsp3) is 0.387. The standard InChI is InChI=1S/C31H36FN5O3S/c1-19-16-33-28(15-22-8-7-11-27(29(22)32)41(5,39)40)35-30(19)25-17-34-31-23(9-6-10-24(25)31)14-26(38)21(3)37-13-12-36(4)18-20(37)2/h6-11,16-17,20-21,34H,12-15,18H2,1-5H3/t20-,21-/m1/s1. The summed E-state index contributed by atoms with van der Waals surface area (Å²) in [4.78, 5) is 30.2. The van der Waals surface area contributed by atoms with E-state index in [1.165, 1.54) is 12.1 Å². The van der Waals surface area contributed by atoms with Gasteiger partial charge in [-0.3, -0.25) is 9.69 Å². The molecule has 2 aromatic heterocycles. The molecule has 2 atom stereocenters. The summed E-state index contributed by atoms with van der Waals surface area (Å²) in [5, 5.41) is 0.939. The van der Waals surface area contributed by atoms with E-state index in [0.29, 0.717) is 24.0 Å². The summed E-state index contributed by atoms with van der Waals surface area (Å²) in [7, 11) is -1.59. The number of likely N-dealkylation sites (N-methyl/N-ethyl adjacent to an activating group) is 1. The van der Waals surface area contributed by atoms with Crippen molar-refractivity contribution in [2.24, 2.45) is 0 Å². The molecule has 2 aromatic carbocycles. The van der Waals surface area contributed by atoms with Gasteiger partial charge >= 0.3 is 0 Å². The Morgan fingerprint density at radius 2 is 1.90 bits per heavy atom. The number of piperazine rings is 1. The molecule has 3 heterocycles. The number of hydrogen-bond acceptors (Lipinski definition) is 7. The van der Waals surface area contributed by atoms with E-state index in [2.05, 4.69) is 33.7 Å². The van der Waals surface area contributed by atoms with Gasteiger partial charge in [0.05, 0.1) is 11.7 Å². The van der Waals surface area contributed by atoms with Crippen LogP contribution in [-0.2, 0) is 27.5 Å². The van der Waals surface area contributed by atoms with Crippen molar-refractivity contribution in [2.45, 2.75) is 50.6 Å². The second kappa shape index (κ2) is 11.4. The maximum absolute atomic E-state index is 15.0. The maximum atomic E-state index is 15.0. The molecule has 0 aliphatic carbocycles. The van der Waals surface area contributed by atoms with Gasteiger partial charge in [-0.05, 0) is 50.6 Å². The van der Waals surface area contributed by atoms with Crippen molar-refractivity contribution in [3.8, 4) is 11.3 Å². The maximum Gasteiger partial charge on any atom is 0.178 e. The fourth-order valence-corrected chi connectivity index (χ4v) is 6.58. The van der Waals surface area contributed by atoms with Crippen molar-refractivity contribution >= 4 is 26.5 Å². The van der Waals surface area contributed by atoms with Crippen molar-refractivity contribution in [3.63, 3.8) is 0 Å². The summed E-state index contributed by atoms with van der Waals surface area (Å²) in [6, 6.07) is 10.4. The highest BCUT2D eigenvalue weighted by Crippen LogP contribution is 2.32. The molecule has 0 amide bonds. The summed E-state index contributed by atoms with van der Waals surface area (Å²) < 4.78 is 39.0. The van der Waals surface area contributed by atoms with Gasteiger partial charge in [-0.25, -0.2) is 22.8 Å². The number of aryl methyl sites for hydroxylation is 1. The highest BCUT2D eigenvalue weighted by molar-refractivity contribution is 7.90. The minimum absolute atomic E-state index is 0.0488. The van der Waals surface area contributed by atoms with Crippen LogP contribution in [0.2, 0.25) is 0 Å². The molecule has 5 rings (SSSR count). The first-order chi connectivity index (χ1) is 19.4. The average molecular weight is 578 g/mol. The van der Waals surface area contributed by atoms with E-state index < -0.39 is 15.7 Å². The lowest BCUT2D eigenvalue weighted by molar-refractivity contribution is -0.124. The molecule has 4 aromatic rings. The van der Waals surface area contributed by atoms with Crippen molar-refractivity contribution in [1.82, 2.24) is 24.8 Å². The van der Waals surface area contributed by atoms with Crippen LogP contribution in [-0.4, -0.2) is 84.0 Å². The highest BCUT2D eigenvalue weighted by atomic mass is 32.2. The lowest BCUT2D eigenvalue weighted by atomic mass is 9.98. The number of hydrogen-bond donors (Lipinski definition) is 1. The van der Waals surface area contributed by atoms with Gasteiger partial charge in [0.15, 0.2) is 15.6 Å². The number of ketones is 1. The first-order valence-corrected chi connectivity index (χ1v) is 15.7. The number of sulfone groups is 1. The third-order valence-electron chi connectivity index (χ3n) is 8.08. The Morgan fingerprint density at radius 1 is 1.17 bits per heavy atom. The quantitative estimate of drug-likeness (QED) is 0.335. The van der Waals surface area contributed by atoms with Crippen LogP contribution in [0, 0.1) is 12.7 Å². The van der Waals surface area contributed by atoms with E-state index in [-0.39, 0.29) is 28.7 Å². The molecule has 1 aliphatic rings. The number of nitrogens with zero attached hydrogens (tertiary/aromatic N) is 4. The average Bonchev–Trinajstić information content (AvgIpc) is 3.35. The van der Waals surface area contributed by atoms with E-state index >= 15 is 4.39 Å². The Bertz CT molecular complexity index is 1720. The molecule has 0 bridgehead atoms. The molecule has 0 radical (unpaired) electrons. The Hall–Kier alpha value is -3.47. The first-order valence-electron chi connectivity index (χ1n) is 13.8. The van der Waals surface area contributed by atoms with Gasteiger partial charge in [0.2, 0.25) is 0 Å². The van der Waals surface area contributed by atoms with Gasteiger partial charge in [-0.15, -0.1) is 0 Å². The van der Waals surface area contributed by atoms with Crippen LogP contribution in [0.25, 0.3) is 22.2 Å². The third kappa shape index (κ3) is 5.95. The monoisotopic (exact) mass is 577 g/mol. The Labute approximate surface area is 240 Å². The number of fused-ring (bicyclic) bond motifs is 1. The molecule has 1 aliphatic heterocycles. The number of carbonyl (C=O) groups excluding carboxylic acids is 1. The number of Topliss-reactive ketones (excluding diaryl/α,β-unsaturated/α-hetero) is 1. The third-order valence-corrected chi connectivity index (χ3v) is 9.19. The van der Waals surface area contributed by atoms with E-state index in [4.69, 9.17) is 4.98 Å². The molecule has 0 spiro atoms. The van der Waals surface area contributed by atoms with Crippen molar-refractivity contribution in [2.75, 3.05) is 32.9 Å². The molecule has 10 heteroatoms. The lowest BCUT2D eigenvalue weighted by Crippen LogP contribution is -2.55. The normalized spacial score (nSPS) is 17.7. The summed E-state index contributed by atoms with van der Waals surface area (Å²) in [5.74, 6) is -0.211. The minimum atomic E-state index is -3.70. The predicted octanol–water partition coefficient (Wildman–Crippen LogP) is 4.20. The number of carbonyl (C=O) groups is 1. The van der Waals surface area contributed by atoms with Crippen LogP contribution in [0.3, 0.4) is 0 Å². The topological polar surface area (TPSA) is 99.3 Å². The highest BCUT2D eigenvalue weighted by Gasteiger charge is 2.29. The van der Waals surface area contributed by atoms with Gasteiger partial charge in [0.25, 0.3) is 0 Å². The van der Waals surface area contributed by atoms with Gasteiger partial charge in [0.1, 0.15) is 16.5 Å². The molecular formula is C31H36FN5O3S. The van der Waals surface area contributed by atoms with E-state index in [9.17, 15) is 13.2 Å². The molecule has 1 fully saturated rings. The predicted molar refractivity (Wildman–Crippen MR) is 158 cm³/mol. The summed E-state index contributed by atoms with van der Waals surface area (Å²) in [5.41, 5.74) is 4.44. The summed E-state index contributed by atoms with van der Waals surface area (Å²) >= 11 is 0. The van der Waals surface area contributed by atoms with E-state index in [0.717, 1.165) is 53.5 Å². The number of aromatic nitrogens is 3. The number of H-pyrrole nitrogens is 1. The molecule has 1 N–H and O–H groups in total. The molecule has 1 saturated heterocycles. The number of rotatable bonds is 8. The molecule has 8 nitrogen and oxygen atoms in total. The SMILES string of the molecule is Cc1cnc(Cc2cccc(S(C)(=O)=O)c2F)nc1-c1c[nH]c2c(CC(=O)[C@@H](C)N3CCN(C)C[C@H]3C)cccc12. The first kappa shape index (κ1) is 29.0. The summed E-state index contributed by atoms with van der Waals surface area (Å²) in [6.45, 7) is 8.86. The number of benzene rings is 2. The van der Waals surface area contributed by atoms with Crippen LogP contribution in [0.15, 0.2) is 53.7 Å². The number of halogens is 1. The zero-order valence-corrected chi connectivity index (χ0v) is 24.9. The Morgan fingerprint density at radius 3 is 2.63 bits per heavy atom. The largest absolute Gasteiger partial charge is 0.360 e. The smallest absolute Gasteiger partial charge is 0.178 e. The van der Waals surface area contributed by atoms with Crippen molar-refractivity contribution in [1.29, 1.82) is 0 Å². The molecule has 216 valence electrons. The van der Waals surface area contributed by atoms with Crippen LogP contribution in [0.1, 0.15) is 36.4 Å². The summed E-state index contributed by atoms with van der Waals surface area (Å²) in [6.07, 6.45) is 4.94. The second-order valence-corrected chi connectivity index (χ2v) is 13.2. The fourth-order valence-electron chi connectivity index (χ4n) is 5.80. The van der Waals surface area contributed by atoms with Crippen molar-refractivity contribution < 1.29 is 17.6 Å². The number of nitrogens with one attached hydrogen (secondary N) is 1. The Kier molecular flexibility index (Phi) is 8.09. The van der Waals surface area contributed by atoms with Crippen molar-refractivity contribution in [3.05, 3.63) is 77.1 Å². The molecule has 0 saturated carbocycles. The molecular weight excluding hydrogens is 541 g/mol. The van der Waals surface area contributed by atoms with Gasteiger partial charge in [-0.2, -0.15) is 0 Å². The van der Waals surface area contributed by atoms with Crippen LogP contribution in [0.4, 0.5) is 4.39 Å². The molecule has 41 heavy (non-hydrogen) atoms. The van der Waals surface area contributed by atoms with Gasteiger partial charge in [0, 0.05) is 73.6 Å². The van der Waals surface area contributed by atoms with E-state index in [1.807, 2.05) is 38.2 Å². The van der Waals surface area contributed by atoms with Crippen LogP contribution >= 0.6 is 0 Å². The zero-order valence-electron chi connectivity index (χ0n) is 24.1. The van der Waals surface area contributed by atoms with Gasteiger partial charge < -0.3 is 9.88 Å². The van der Waals surface area contributed by atoms with Crippen LogP contribution in [0.5, 0.6) is 0 Å². The number of aromatic amines is 1. The Balaban J connectivity index is 1.42. The van der Waals surface area contributed by atoms with E-state index in [1.54, 1.807) is 12.3 Å². The zero-order chi connectivity index (χ0) is 29.5. The number of para-hydroxylation sites is 1.